The fourth-order valence-corrected chi connectivity index (χ4v) is 4.09. The van der Waals surface area contributed by atoms with Crippen molar-refractivity contribution in [3.63, 3.8) is 0 Å². The van der Waals surface area contributed by atoms with Crippen molar-refractivity contribution < 1.29 is 11.0 Å². The summed E-state index contributed by atoms with van der Waals surface area (Å²) in [6.45, 7) is 3.37. The van der Waals surface area contributed by atoms with Crippen molar-refractivity contribution in [3.05, 3.63) is 11.3 Å². The number of allylic oxidation sites excluding steroid dienone is 1. The summed E-state index contributed by atoms with van der Waals surface area (Å²) >= 11 is 0. The Morgan fingerprint density at radius 3 is 2.87 bits per heavy atom. The van der Waals surface area contributed by atoms with Gasteiger partial charge in [-0.25, -0.2) is 0 Å². The third kappa shape index (κ3) is 1.30. The molecule has 0 spiro atoms. The van der Waals surface area contributed by atoms with Gasteiger partial charge in [-0.05, 0) is 12.5 Å². The average Bonchev–Trinajstić information content (AvgIpc) is 2.15. The van der Waals surface area contributed by atoms with E-state index in [0.29, 0.717) is 5.70 Å². The molecule has 0 aromatic rings. The van der Waals surface area contributed by atoms with Crippen molar-refractivity contribution in [1.82, 2.24) is 4.90 Å². The molecule has 0 saturated carbocycles. The molecule has 2 aliphatic rings. The van der Waals surface area contributed by atoms with Crippen LogP contribution in [0.4, 0.5) is 0 Å². The summed E-state index contributed by atoms with van der Waals surface area (Å²) in [4.78, 5) is 24.6. The highest BCUT2D eigenvalue weighted by molar-refractivity contribution is 8.15. The van der Waals surface area contributed by atoms with Crippen LogP contribution in [-0.2, 0) is 9.59 Å². The minimum Gasteiger partial charge on any atom is -0.317 e. The monoisotopic (exact) mass is 230 g/mol. The molecule has 2 N–H and O–H groups in total. The highest BCUT2D eigenvalue weighted by Gasteiger charge is 2.51. The summed E-state index contributed by atoms with van der Waals surface area (Å²) in [5.74, 6) is 4.58. The molecule has 2 aliphatic heterocycles. The van der Waals surface area contributed by atoms with Gasteiger partial charge in [-0.2, -0.15) is 10.5 Å². The van der Waals surface area contributed by atoms with Gasteiger partial charge in [-0.3, -0.25) is 14.5 Å². The van der Waals surface area contributed by atoms with Crippen LogP contribution in [0.2, 0.25) is 0 Å². The predicted octanol–water partition coefficient (Wildman–Crippen LogP) is 0.305. The van der Waals surface area contributed by atoms with Crippen molar-refractivity contribution in [2.75, 3.05) is 5.75 Å². The Labute approximate surface area is 92.5 Å². The number of ketones is 1. The van der Waals surface area contributed by atoms with Crippen LogP contribution in [0.25, 0.3) is 0 Å². The normalized spacial score (nSPS) is 35.0. The number of fused-ring (bicyclic) bond motifs is 1. The molecule has 5 heteroatoms. The fraction of sp³-hybridized carbons (Fsp3) is 0.500. The van der Waals surface area contributed by atoms with Crippen LogP contribution in [0.5, 0.6) is 0 Å². The van der Waals surface area contributed by atoms with Gasteiger partial charge in [-0.15, -0.1) is 0 Å². The van der Waals surface area contributed by atoms with E-state index >= 15 is 0 Å². The number of nitrogens with two attached hydrogens (primary N) is 1. The van der Waals surface area contributed by atoms with Crippen LogP contribution in [0.3, 0.4) is 0 Å². The number of β-lactam (4-membered cyclic amide) rings is 1. The van der Waals surface area contributed by atoms with Crippen LogP contribution in [0, 0.1) is 0 Å². The highest BCUT2D eigenvalue weighted by Crippen LogP contribution is 2.42. The first-order valence-electron chi connectivity index (χ1n) is 4.74. The summed E-state index contributed by atoms with van der Waals surface area (Å²) in [5, 5.41) is -0.0555. The number of rotatable bonds is 1. The van der Waals surface area contributed by atoms with E-state index in [2.05, 4.69) is 5.87 Å². The molecule has 1 fully saturated rings. The van der Waals surface area contributed by atoms with Crippen molar-refractivity contribution in [2.24, 2.45) is 5.73 Å². The second-order valence-corrected chi connectivity index (χ2v) is 5.84. The van der Waals surface area contributed by atoms with Crippen LogP contribution >= 0.6 is 10.5 Å². The molecule has 1 saturated heterocycles. The lowest BCUT2D eigenvalue weighted by Gasteiger charge is -2.50. The third-order valence-electron chi connectivity index (χ3n) is 2.81. The van der Waals surface area contributed by atoms with E-state index in [1.54, 1.807) is 4.90 Å². The van der Waals surface area contributed by atoms with Crippen LogP contribution in [-0.4, -0.2) is 39.6 Å². The molecular formula is C10H16N2O2S. The second kappa shape index (κ2) is 3.28. The van der Waals surface area contributed by atoms with Gasteiger partial charge < -0.3 is 5.73 Å². The van der Waals surface area contributed by atoms with Crippen molar-refractivity contribution in [2.45, 2.75) is 25.3 Å². The average molecular weight is 230 g/mol. The lowest BCUT2D eigenvalue weighted by molar-refractivity contribution is -0.143. The van der Waals surface area contributed by atoms with Crippen molar-refractivity contribution in [1.29, 1.82) is 0 Å². The third-order valence-corrected chi connectivity index (χ3v) is 4.80. The summed E-state index contributed by atoms with van der Waals surface area (Å²) in [5.41, 5.74) is 7.21. The smallest absolute Gasteiger partial charge is 0.248 e. The SMILES string of the molecule is C=S1CC(C)=C(C(C)=O)N2C(=O)C(N)C21.[3HH]. The minimum absolute atomic E-state index is 0. The zero-order valence-corrected chi connectivity index (χ0v) is 9.63. The molecule has 0 radical (unpaired) electrons. The number of Topliss-reactive ketones (excluding diaryl/α,β-unsaturated/α-hetero) is 1. The topological polar surface area (TPSA) is 63.4 Å². The molecule has 0 aliphatic carbocycles. The number of carbonyl (C=O) groups excluding carboxylic acids is 2. The molecule has 0 aromatic heterocycles. The maximum atomic E-state index is 11.6. The van der Waals surface area contributed by atoms with E-state index in [0.717, 1.165) is 11.3 Å². The lowest BCUT2D eigenvalue weighted by atomic mass is 10.0. The first-order chi connectivity index (χ1) is 6.95. The zero-order valence-electron chi connectivity index (χ0n) is 8.82. The zero-order chi connectivity index (χ0) is 11.3. The predicted molar refractivity (Wildman–Crippen MR) is 63.7 cm³/mol. The molecule has 15 heavy (non-hydrogen) atoms. The van der Waals surface area contributed by atoms with E-state index in [1.165, 1.54) is 6.92 Å². The van der Waals surface area contributed by atoms with Crippen LogP contribution in [0.1, 0.15) is 15.3 Å². The lowest BCUT2D eigenvalue weighted by Crippen LogP contribution is -2.68. The molecule has 0 bridgehead atoms. The largest absolute Gasteiger partial charge is 0.317 e. The molecule has 2 rings (SSSR count). The van der Waals surface area contributed by atoms with Gasteiger partial charge >= 0.3 is 0 Å². The minimum atomic E-state index is -0.465. The fourth-order valence-electron chi connectivity index (χ4n) is 2.19. The van der Waals surface area contributed by atoms with E-state index in [-0.39, 0.29) is 29.0 Å². The van der Waals surface area contributed by atoms with E-state index in [1.807, 2.05) is 6.92 Å². The first kappa shape index (κ1) is 10.6. The number of hydrogen-bond donors (Lipinski definition) is 1. The van der Waals surface area contributed by atoms with Crippen LogP contribution in [0.15, 0.2) is 11.3 Å². The van der Waals surface area contributed by atoms with Crippen LogP contribution < -0.4 is 5.73 Å². The standard InChI is InChI=1S/C10H14N2O2S.H2/c1-5-4-15(3)10-7(11)9(14)12(10)8(5)6(2)13;/h7,10H,3-4,11H2,1-2H3;1H/i;1+2. The molecule has 3 atom stereocenters. The first-order valence-corrected chi connectivity index (χ1v) is 6.36. The van der Waals surface area contributed by atoms with Crippen molar-refractivity contribution >= 4 is 28.0 Å². The Hall–Kier alpha value is -0.940. The van der Waals surface area contributed by atoms with Gasteiger partial charge in [0.2, 0.25) is 5.91 Å². The molecule has 0 aromatic carbocycles. The quantitative estimate of drug-likeness (QED) is 0.521. The van der Waals surface area contributed by atoms with E-state index in [4.69, 9.17) is 5.73 Å². The Morgan fingerprint density at radius 2 is 2.33 bits per heavy atom. The highest BCUT2D eigenvalue weighted by atomic mass is 32.2. The summed E-state index contributed by atoms with van der Waals surface area (Å²) in [7, 11) is -0.176. The Bertz CT molecular complexity index is 419. The Balaban J connectivity index is 0.00000128. The maximum absolute atomic E-state index is 11.6. The van der Waals surface area contributed by atoms with E-state index < -0.39 is 6.04 Å². The van der Waals surface area contributed by atoms with E-state index in [9.17, 15) is 9.59 Å². The van der Waals surface area contributed by atoms with Gasteiger partial charge in [0.05, 0.1) is 5.70 Å². The number of hydrogen-bond acceptors (Lipinski definition) is 3. The molecule has 4 nitrogen and oxygen atoms in total. The summed E-state index contributed by atoms with van der Waals surface area (Å²) in [6, 6.07) is -0.465. The van der Waals surface area contributed by atoms with Gasteiger partial charge in [0.1, 0.15) is 11.4 Å². The van der Waals surface area contributed by atoms with Crippen molar-refractivity contribution in [3.8, 4) is 0 Å². The van der Waals surface area contributed by atoms with Gasteiger partial charge in [0, 0.05) is 14.1 Å². The number of amides is 1. The molecular weight excluding hydrogens is 212 g/mol. The molecule has 3 unspecified atom stereocenters. The summed E-state index contributed by atoms with van der Waals surface area (Å²) < 4.78 is 0. The van der Waals surface area contributed by atoms with Gasteiger partial charge in [-0.1, -0.05) is 5.87 Å². The van der Waals surface area contributed by atoms with Gasteiger partial charge in [0.15, 0.2) is 5.78 Å². The molecule has 2 heterocycles. The Kier molecular flexibility index (Phi) is 2.31. The molecule has 1 amide bonds. The molecule has 84 valence electrons. The van der Waals surface area contributed by atoms with Gasteiger partial charge in [0.25, 0.3) is 0 Å². The second-order valence-electron chi connectivity index (χ2n) is 3.99. The number of carbonyl (C=O) groups is 2. The Morgan fingerprint density at radius 1 is 1.73 bits per heavy atom. The summed E-state index contributed by atoms with van der Waals surface area (Å²) in [6.07, 6.45) is 0. The maximum Gasteiger partial charge on any atom is 0.248 e. The number of nitrogens with zero attached hydrogens (tertiary/aromatic N) is 1.